The minimum atomic E-state index is -0.0411. The van der Waals surface area contributed by atoms with Crippen LogP contribution in [0.5, 0.6) is 0 Å². The summed E-state index contributed by atoms with van der Waals surface area (Å²) in [6.45, 7) is 1.92. The standard InChI is InChI=1S/C11H10N2O.CH4/c1-9-4-2-3-5-10(9)11(14)13-7-6-12-8-13;/h2-8H,1H3;1H4. The Kier molecular flexibility index (Phi) is 3.39. The zero-order valence-electron chi connectivity index (χ0n) is 7.84. The van der Waals surface area contributed by atoms with Crippen molar-refractivity contribution in [1.82, 2.24) is 9.55 Å². The normalized spacial score (nSPS) is 9.40. The molecule has 0 radical (unpaired) electrons. The number of aromatic nitrogens is 2. The highest BCUT2D eigenvalue weighted by Crippen LogP contribution is 2.08. The highest BCUT2D eigenvalue weighted by atomic mass is 16.2. The first-order valence-corrected chi connectivity index (χ1v) is 4.37. The number of carbonyl (C=O) groups excluding carboxylic acids is 1. The third-order valence-corrected chi connectivity index (χ3v) is 2.11. The average Bonchev–Trinajstić information content (AvgIpc) is 2.70. The van der Waals surface area contributed by atoms with Crippen LogP contribution in [0.4, 0.5) is 0 Å². The van der Waals surface area contributed by atoms with Crippen molar-refractivity contribution in [2.45, 2.75) is 14.4 Å². The molecule has 2 aromatic rings. The summed E-state index contributed by atoms with van der Waals surface area (Å²) in [5, 5.41) is 0. The van der Waals surface area contributed by atoms with E-state index in [2.05, 4.69) is 4.98 Å². The first-order valence-electron chi connectivity index (χ1n) is 4.37. The average molecular weight is 202 g/mol. The van der Waals surface area contributed by atoms with E-state index >= 15 is 0 Å². The Hall–Kier alpha value is -1.90. The molecule has 0 aliphatic rings. The maximum Gasteiger partial charge on any atom is 0.263 e. The van der Waals surface area contributed by atoms with Crippen LogP contribution in [-0.4, -0.2) is 15.5 Å². The number of imidazole rings is 1. The van der Waals surface area contributed by atoms with Crippen LogP contribution in [0, 0.1) is 6.92 Å². The largest absolute Gasteiger partial charge is 0.272 e. The first-order chi connectivity index (χ1) is 6.79. The summed E-state index contributed by atoms with van der Waals surface area (Å²) in [5.74, 6) is -0.0411. The van der Waals surface area contributed by atoms with E-state index < -0.39 is 0 Å². The summed E-state index contributed by atoms with van der Waals surface area (Å²) in [4.78, 5) is 15.7. The van der Waals surface area contributed by atoms with Crippen molar-refractivity contribution in [3.63, 3.8) is 0 Å². The van der Waals surface area contributed by atoms with E-state index in [4.69, 9.17) is 0 Å². The van der Waals surface area contributed by atoms with Crippen molar-refractivity contribution >= 4 is 5.91 Å². The van der Waals surface area contributed by atoms with E-state index in [1.165, 1.54) is 10.9 Å². The molecule has 3 nitrogen and oxygen atoms in total. The summed E-state index contributed by atoms with van der Waals surface area (Å²) >= 11 is 0. The van der Waals surface area contributed by atoms with Gasteiger partial charge in [-0.3, -0.25) is 9.36 Å². The van der Waals surface area contributed by atoms with Gasteiger partial charge in [0.2, 0.25) is 0 Å². The molecule has 0 saturated heterocycles. The maximum absolute atomic E-state index is 11.9. The van der Waals surface area contributed by atoms with Crippen LogP contribution < -0.4 is 0 Å². The SMILES string of the molecule is C.Cc1ccccc1C(=O)n1ccnc1. The lowest BCUT2D eigenvalue weighted by Gasteiger charge is -2.03. The lowest BCUT2D eigenvalue weighted by Crippen LogP contribution is -2.10. The number of nitrogens with zero attached hydrogens (tertiary/aromatic N) is 2. The van der Waals surface area contributed by atoms with Gasteiger partial charge in [-0.1, -0.05) is 25.6 Å². The van der Waals surface area contributed by atoms with Gasteiger partial charge in [-0.25, -0.2) is 4.98 Å². The van der Waals surface area contributed by atoms with E-state index in [0.29, 0.717) is 5.56 Å². The summed E-state index contributed by atoms with van der Waals surface area (Å²) in [5.41, 5.74) is 1.69. The molecule has 0 saturated carbocycles. The van der Waals surface area contributed by atoms with Crippen molar-refractivity contribution in [2.24, 2.45) is 0 Å². The minimum Gasteiger partial charge on any atom is -0.272 e. The van der Waals surface area contributed by atoms with Gasteiger partial charge in [-0.2, -0.15) is 0 Å². The van der Waals surface area contributed by atoms with Crippen LogP contribution in [0.15, 0.2) is 43.0 Å². The monoisotopic (exact) mass is 202 g/mol. The Morgan fingerprint density at radius 3 is 2.67 bits per heavy atom. The molecule has 1 heterocycles. The highest BCUT2D eigenvalue weighted by Gasteiger charge is 2.08. The van der Waals surface area contributed by atoms with Crippen LogP contribution in [0.1, 0.15) is 23.3 Å². The Labute approximate surface area is 89.4 Å². The van der Waals surface area contributed by atoms with E-state index in [0.717, 1.165) is 5.56 Å². The fraction of sp³-hybridized carbons (Fsp3) is 0.167. The summed E-state index contributed by atoms with van der Waals surface area (Å²) < 4.78 is 1.47. The second-order valence-electron chi connectivity index (χ2n) is 3.09. The van der Waals surface area contributed by atoms with Crippen molar-refractivity contribution in [3.8, 4) is 0 Å². The zero-order valence-corrected chi connectivity index (χ0v) is 7.84. The molecule has 1 aromatic carbocycles. The summed E-state index contributed by atoms with van der Waals surface area (Å²) in [6, 6.07) is 7.51. The van der Waals surface area contributed by atoms with Gasteiger partial charge < -0.3 is 0 Å². The second-order valence-corrected chi connectivity index (χ2v) is 3.09. The van der Waals surface area contributed by atoms with Gasteiger partial charge in [0.15, 0.2) is 0 Å². The van der Waals surface area contributed by atoms with Crippen LogP contribution in [0.2, 0.25) is 0 Å². The molecule has 0 amide bonds. The number of benzene rings is 1. The molecule has 0 N–H and O–H groups in total. The molecule has 0 atom stereocenters. The van der Waals surface area contributed by atoms with Gasteiger partial charge in [-0.05, 0) is 18.6 Å². The molecule has 78 valence electrons. The fourth-order valence-corrected chi connectivity index (χ4v) is 1.33. The smallest absolute Gasteiger partial charge is 0.263 e. The molecule has 2 rings (SSSR count). The number of hydrogen-bond acceptors (Lipinski definition) is 2. The molecule has 0 bridgehead atoms. The second kappa shape index (κ2) is 4.55. The summed E-state index contributed by atoms with van der Waals surface area (Å²) in [6.07, 6.45) is 4.75. The van der Waals surface area contributed by atoms with Crippen molar-refractivity contribution < 1.29 is 4.79 Å². The van der Waals surface area contributed by atoms with E-state index in [-0.39, 0.29) is 13.3 Å². The first kappa shape index (κ1) is 11.2. The van der Waals surface area contributed by atoms with Crippen molar-refractivity contribution in [3.05, 3.63) is 54.1 Å². The molecule has 1 aromatic heterocycles. The maximum atomic E-state index is 11.9. The van der Waals surface area contributed by atoms with Gasteiger partial charge in [0.25, 0.3) is 5.91 Å². The van der Waals surface area contributed by atoms with E-state index in [1.807, 2.05) is 31.2 Å². The van der Waals surface area contributed by atoms with Crippen LogP contribution in [0.25, 0.3) is 0 Å². The molecule has 0 fully saturated rings. The van der Waals surface area contributed by atoms with Gasteiger partial charge in [0.1, 0.15) is 6.33 Å². The Balaban J connectivity index is 0.00000112. The van der Waals surface area contributed by atoms with E-state index in [1.54, 1.807) is 12.4 Å². The van der Waals surface area contributed by atoms with E-state index in [9.17, 15) is 4.79 Å². The molecule has 15 heavy (non-hydrogen) atoms. The molecule has 0 unspecified atom stereocenters. The number of hydrogen-bond donors (Lipinski definition) is 0. The minimum absolute atomic E-state index is 0. The highest BCUT2D eigenvalue weighted by molar-refractivity contribution is 5.97. The van der Waals surface area contributed by atoms with Gasteiger partial charge in [0.05, 0.1) is 0 Å². The predicted molar refractivity (Wildman–Crippen MR) is 59.9 cm³/mol. The lowest BCUT2D eigenvalue weighted by molar-refractivity contribution is 0.0959. The molecule has 0 aliphatic heterocycles. The van der Waals surface area contributed by atoms with Crippen LogP contribution in [0.3, 0.4) is 0 Å². The van der Waals surface area contributed by atoms with Crippen LogP contribution >= 0.6 is 0 Å². The van der Waals surface area contributed by atoms with Crippen molar-refractivity contribution in [1.29, 1.82) is 0 Å². The number of rotatable bonds is 1. The Morgan fingerprint density at radius 1 is 1.33 bits per heavy atom. The molecule has 3 heteroatoms. The molecular formula is C12H14N2O. The topological polar surface area (TPSA) is 34.9 Å². The quantitative estimate of drug-likeness (QED) is 0.712. The zero-order chi connectivity index (χ0) is 9.97. The predicted octanol–water partition coefficient (Wildman–Crippen LogP) is 2.52. The number of aryl methyl sites for hydroxylation is 1. The molecule has 0 aliphatic carbocycles. The third-order valence-electron chi connectivity index (χ3n) is 2.11. The molecular weight excluding hydrogens is 188 g/mol. The Bertz CT molecular complexity index is 446. The van der Waals surface area contributed by atoms with Crippen molar-refractivity contribution in [2.75, 3.05) is 0 Å². The Morgan fingerprint density at radius 2 is 2.07 bits per heavy atom. The van der Waals surface area contributed by atoms with Crippen LogP contribution in [-0.2, 0) is 0 Å². The number of carbonyl (C=O) groups is 1. The lowest BCUT2D eigenvalue weighted by atomic mass is 10.1. The summed E-state index contributed by atoms with van der Waals surface area (Å²) in [7, 11) is 0. The van der Waals surface area contributed by atoms with Gasteiger partial charge in [-0.15, -0.1) is 0 Å². The fourth-order valence-electron chi connectivity index (χ4n) is 1.33. The van der Waals surface area contributed by atoms with Gasteiger partial charge >= 0.3 is 0 Å². The van der Waals surface area contributed by atoms with Gasteiger partial charge in [0, 0.05) is 18.0 Å². The molecule has 0 spiro atoms. The third kappa shape index (κ3) is 2.13.